The van der Waals surface area contributed by atoms with E-state index in [1.807, 2.05) is 16.8 Å². The summed E-state index contributed by atoms with van der Waals surface area (Å²) in [4.78, 5) is 10.5. The molecule has 0 aliphatic heterocycles. The lowest BCUT2D eigenvalue weighted by Crippen LogP contribution is -1.97. The van der Waals surface area contributed by atoms with E-state index in [1.165, 1.54) is 6.08 Å². The fourth-order valence-electron chi connectivity index (χ4n) is 1.61. The van der Waals surface area contributed by atoms with Crippen LogP contribution in [0, 0.1) is 0 Å². The Kier molecular flexibility index (Phi) is 4.79. The zero-order chi connectivity index (χ0) is 14.4. The molecule has 5 heteroatoms. The van der Waals surface area contributed by atoms with Crippen molar-refractivity contribution in [2.24, 2.45) is 0 Å². The van der Waals surface area contributed by atoms with E-state index in [4.69, 9.17) is 14.6 Å². The van der Waals surface area contributed by atoms with Crippen molar-refractivity contribution >= 4 is 23.4 Å². The van der Waals surface area contributed by atoms with Crippen LogP contribution in [0.2, 0.25) is 0 Å². The Balaban J connectivity index is 2.15. The summed E-state index contributed by atoms with van der Waals surface area (Å²) in [6.45, 7) is 0.450. The van der Waals surface area contributed by atoms with Crippen LogP contribution >= 0.6 is 11.3 Å². The lowest BCUT2D eigenvalue weighted by Gasteiger charge is -2.10. The van der Waals surface area contributed by atoms with Gasteiger partial charge in [-0.25, -0.2) is 4.79 Å². The van der Waals surface area contributed by atoms with Gasteiger partial charge < -0.3 is 14.6 Å². The van der Waals surface area contributed by atoms with E-state index in [0.29, 0.717) is 18.1 Å². The van der Waals surface area contributed by atoms with E-state index in [2.05, 4.69) is 0 Å². The second kappa shape index (κ2) is 6.77. The fourth-order valence-corrected chi connectivity index (χ4v) is 2.27. The third-order valence-electron chi connectivity index (χ3n) is 2.58. The lowest BCUT2D eigenvalue weighted by molar-refractivity contribution is -0.131. The van der Waals surface area contributed by atoms with Gasteiger partial charge in [0.25, 0.3) is 0 Å². The van der Waals surface area contributed by atoms with Crippen LogP contribution in [0.25, 0.3) is 6.08 Å². The largest absolute Gasteiger partial charge is 0.493 e. The number of aliphatic carboxylic acids is 1. The number of methoxy groups -OCH3 is 1. The molecule has 0 saturated heterocycles. The zero-order valence-electron chi connectivity index (χ0n) is 10.9. The van der Waals surface area contributed by atoms with Crippen LogP contribution in [0.5, 0.6) is 11.5 Å². The summed E-state index contributed by atoms with van der Waals surface area (Å²) in [5.74, 6) is 0.223. The van der Waals surface area contributed by atoms with Gasteiger partial charge in [0, 0.05) is 6.08 Å². The van der Waals surface area contributed by atoms with E-state index in [9.17, 15) is 4.79 Å². The number of rotatable bonds is 6. The Bertz CT molecular complexity index is 602. The number of hydrogen-bond donors (Lipinski definition) is 1. The molecule has 0 aliphatic rings. The van der Waals surface area contributed by atoms with E-state index < -0.39 is 5.97 Å². The Morgan fingerprint density at radius 3 is 2.85 bits per heavy atom. The van der Waals surface area contributed by atoms with Crippen LogP contribution < -0.4 is 9.47 Å². The van der Waals surface area contributed by atoms with Crippen molar-refractivity contribution in [3.05, 3.63) is 52.2 Å². The van der Waals surface area contributed by atoms with Gasteiger partial charge in [0.2, 0.25) is 0 Å². The highest BCUT2D eigenvalue weighted by Crippen LogP contribution is 2.29. The van der Waals surface area contributed by atoms with Gasteiger partial charge in [-0.3, -0.25) is 0 Å². The van der Waals surface area contributed by atoms with Crippen molar-refractivity contribution in [1.29, 1.82) is 0 Å². The maximum absolute atomic E-state index is 10.5. The SMILES string of the molecule is COc1ccc(/C=C/C(=O)O)cc1OCc1ccsc1. The molecule has 0 fully saturated rings. The molecule has 1 aromatic heterocycles. The smallest absolute Gasteiger partial charge is 0.328 e. The van der Waals surface area contributed by atoms with Gasteiger partial charge in [0.15, 0.2) is 11.5 Å². The van der Waals surface area contributed by atoms with Crippen LogP contribution in [0.4, 0.5) is 0 Å². The summed E-state index contributed by atoms with van der Waals surface area (Å²) in [7, 11) is 1.57. The standard InChI is InChI=1S/C15H14O4S/c1-18-13-4-2-11(3-5-15(16)17)8-14(13)19-9-12-6-7-20-10-12/h2-8,10H,9H2,1H3,(H,16,17)/b5-3+. The first-order valence-corrected chi connectivity index (χ1v) is 6.86. The molecular formula is C15H14O4S. The minimum Gasteiger partial charge on any atom is -0.493 e. The number of carboxylic acids is 1. The van der Waals surface area contributed by atoms with E-state index in [1.54, 1.807) is 36.6 Å². The molecule has 1 aromatic carbocycles. The molecule has 0 atom stereocenters. The number of hydrogen-bond acceptors (Lipinski definition) is 4. The van der Waals surface area contributed by atoms with Gasteiger partial charge in [-0.05, 0) is 46.2 Å². The van der Waals surface area contributed by atoms with Crippen molar-refractivity contribution in [3.63, 3.8) is 0 Å². The minimum absolute atomic E-state index is 0.450. The molecule has 4 nitrogen and oxygen atoms in total. The molecule has 1 heterocycles. The van der Waals surface area contributed by atoms with Gasteiger partial charge in [-0.1, -0.05) is 6.07 Å². The average Bonchev–Trinajstić information content (AvgIpc) is 2.96. The van der Waals surface area contributed by atoms with E-state index >= 15 is 0 Å². The molecule has 20 heavy (non-hydrogen) atoms. The molecular weight excluding hydrogens is 276 g/mol. The molecule has 0 aliphatic carbocycles. The molecule has 0 spiro atoms. The molecule has 0 bridgehead atoms. The third kappa shape index (κ3) is 3.86. The van der Waals surface area contributed by atoms with Gasteiger partial charge in [0.1, 0.15) is 6.61 Å². The number of carboxylic acid groups (broad SMARTS) is 1. The summed E-state index contributed by atoms with van der Waals surface area (Å²) in [5.41, 5.74) is 1.83. The summed E-state index contributed by atoms with van der Waals surface area (Å²) >= 11 is 1.61. The Labute approximate surface area is 120 Å². The average molecular weight is 290 g/mol. The highest BCUT2D eigenvalue weighted by molar-refractivity contribution is 7.07. The predicted octanol–water partition coefficient (Wildman–Crippen LogP) is 3.43. The first kappa shape index (κ1) is 14.1. The number of benzene rings is 1. The predicted molar refractivity (Wildman–Crippen MR) is 78.3 cm³/mol. The highest BCUT2D eigenvalue weighted by Gasteiger charge is 2.05. The quantitative estimate of drug-likeness (QED) is 0.828. The van der Waals surface area contributed by atoms with Crippen LogP contribution in [0.3, 0.4) is 0 Å². The summed E-state index contributed by atoms with van der Waals surface area (Å²) in [6, 6.07) is 7.27. The summed E-state index contributed by atoms with van der Waals surface area (Å²) < 4.78 is 11.0. The maximum atomic E-state index is 10.5. The molecule has 1 N–H and O–H groups in total. The third-order valence-corrected chi connectivity index (χ3v) is 3.31. The highest BCUT2D eigenvalue weighted by atomic mass is 32.1. The summed E-state index contributed by atoms with van der Waals surface area (Å²) in [6.07, 6.45) is 2.60. The number of ether oxygens (including phenoxy) is 2. The maximum Gasteiger partial charge on any atom is 0.328 e. The van der Waals surface area contributed by atoms with E-state index in [0.717, 1.165) is 17.2 Å². The first-order valence-electron chi connectivity index (χ1n) is 5.92. The molecule has 0 radical (unpaired) electrons. The van der Waals surface area contributed by atoms with Crippen molar-refractivity contribution in [1.82, 2.24) is 0 Å². The van der Waals surface area contributed by atoms with Crippen LogP contribution in [-0.4, -0.2) is 18.2 Å². The van der Waals surface area contributed by atoms with Gasteiger partial charge in [-0.15, -0.1) is 0 Å². The second-order valence-electron chi connectivity index (χ2n) is 4.00. The monoisotopic (exact) mass is 290 g/mol. The van der Waals surface area contributed by atoms with Crippen LogP contribution in [0.15, 0.2) is 41.1 Å². The number of thiophene rings is 1. The molecule has 2 rings (SSSR count). The second-order valence-corrected chi connectivity index (χ2v) is 4.78. The fraction of sp³-hybridized carbons (Fsp3) is 0.133. The topological polar surface area (TPSA) is 55.8 Å². The molecule has 2 aromatic rings. The zero-order valence-corrected chi connectivity index (χ0v) is 11.7. The van der Waals surface area contributed by atoms with Crippen molar-refractivity contribution in [2.45, 2.75) is 6.61 Å². The van der Waals surface area contributed by atoms with Crippen LogP contribution in [0.1, 0.15) is 11.1 Å². The molecule has 0 saturated carbocycles. The Morgan fingerprint density at radius 1 is 1.35 bits per heavy atom. The number of carbonyl (C=O) groups is 1. The van der Waals surface area contributed by atoms with E-state index in [-0.39, 0.29) is 0 Å². The van der Waals surface area contributed by atoms with Crippen molar-refractivity contribution in [3.8, 4) is 11.5 Å². The first-order chi connectivity index (χ1) is 9.69. The van der Waals surface area contributed by atoms with Gasteiger partial charge in [-0.2, -0.15) is 11.3 Å². The van der Waals surface area contributed by atoms with Gasteiger partial charge in [0.05, 0.1) is 7.11 Å². The van der Waals surface area contributed by atoms with Crippen molar-refractivity contribution < 1.29 is 19.4 Å². The Hall–Kier alpha value is -2.27. The molecule has 104 valence electrons. The molecule has 0 unspecified atom stereocenters. The normalized spacial score (nSPS) is 10.7. The summed E-state index contributed by atoms with van der Waals surface area (Å²) in [5, 5.41) is 12.6. The Morgan fingerprint density at radius 2 is 2.20 bits per heavy atom. The lowest BCUT2D eigenvalue weighted by atomic mass is 10.2. The van der Waals surface area contributed by atoms with Crippen LogP contribution in [-0.2, 0) is 11.4 Å². The minimum atomic E-state index is -0.985. The van der Waals surface area contributed by atoms with Gasteiger partial charge >= 0.3 is 5.97 Å². The molecule has 0 amide bonds. The van der Waals surface area contributed by atoms with Crippen molar-refractivity contribution in [2.75, 3.05) is 7.11 Å².